The Morgan fingerprint density at radius 2 is 0.769 bits per heavy atom. The third-order valence-electron chi connectivity index (χ3n) is 1.48. The Morgan fingerprint density at radius 1 is 0.654 bits per heavy atom. The van der Waals surface area contributed by atoms with Crippen LogP contribution in [-0.2, 0) is 19.2 Å². The summed E-state index contributed by atoms with van der Waals surface area (Å²) in [6.07, 6.45) is 2.23. The first-order valence-corrected chi connectivity index (χ1v) is 6.99. The predicted octanol–water partition coefficient (Wildman–Crippen LogP) is -1.99. The summed E-state index contributed by atoms with van der Waals surface area (Å²) in [5.41, 5.74) is 20.4. The number of carbonyl (C=O) groups is 4. The van der Waals surface area contributed by atoms with E-state index in [0.29, 0.717) is 37.4 Å². The van der Waals surface area contributed by atoms with E-state index in [9.17, 15) is 19.2 Å². The molecule has 0 bridgehead atoms. The van der Waals surface area contributed by atoms with Crippen LogP contribution in [0.5, 0.6) is 0 Å². The smallest absolute Gasteiger partial charge is 0.328 e. The van der Waals surface area contributed by atoms with Gasteiger partial charge in [0.15, 0.2) is 0 Å². The van der Waals surface area contributed by atoms with E-state index in [0.717, 1.165) is 0 Å². The minimum atomic E-state index is -1.26. The molecule has 12 nitrogen and oxygen atoms in total. The SMILES string of the molecule is CC(N)CN.CC(N)CN.O=C(O)/C=C\C(=O)O.O=C(O)/C=C\C(=O)O. The molecular formula is C14H28N4O8. The highest BCUT2D eigenvalue weighted by Crippen LogP contribution is 1.71. The highest BCUT2D eigenvalue weighted by molar-refractivity contribution is 5.90. The quantitative estimate of drug-likeness (QED) is 0.233. The Labute approximate surface area is 150 Å². The third kappa shape index (κ3) is 69.0. The van der Waals surface area contributed by atoms with Crippen molar-refractivity contribution in [2.75, 3.05) is 13.1 Å². The van der Waals surface area contributed by atoms with Crippen molar-refractivity contribution in [3.63, 3.8) is 0 Å². The van der Waals surface area contributed by atoms with E-state index in [1.807, 2.05) is 13.8 Å². The molecular weight excluding hydrogens is 352 g/mol. The van der Waals surface area contributed by atoms with E-state index < -0.39 is 23.9 Å². The van der Waals surface area contributed by atoms with Gasteiger partial charge in [-0.3, -0.25) is 0 Å². The average Bonchev–Trinajstić information content (AvgIpc) is 2.52. The Bertz CT molecular complexity index is 388. The molecule has 26 heavy (non-hydrogen) atoms. The van der Waals surface area contributed by atoms with E-state index in [1.54, 1.807) is 0 Å². The zero-order valence-corrected chi connectivity index (χ0v) is 14.6. The number of carboxylic acids is 4. The zero-order chi connectivity index (χ0) is 21.7. The maximum absolute atomic E-state index is 9.55. The summed E-state index contributed by atoms with van der Waals surface area (Å²) in [5.74, 6) is -5.03. The molecule has 152 valence electrons. The van der Waals surface area contributed by atoms with E-state index in [4.69, 9.17) is 43.4 Å². The van der Waals surface area contributed by atoms with Crippen molar-refractivity contribution >= 4 is 23.9 Å². The van der Waals surface area contributed by atoms with Crippen LogP contribution in [0.1, 0.15) is 13.8 Å². The second kappa shape index (κ2) is 22.2. The van der Waals surface area contributed by atoms with Crippen LogP contribution in [0.2, 0.25) is 0 Å². The molecule has 0 spiro atoms. The first-order chi connectivity index (χ1) is 11.8. The van der Waals surface area contributed by atoms with Crippen LogP contribution in [0.3, 0.4) is 0 Å². The summed E-state index contributed by atoms with van der Waals surface area (Å²) in [6.45, 7) is 4.92. The number of nitrogens with two attached hydrogens (primary N) is 4. The van der Waals surface area contributed by atoms with Crippen molar-refractivity contribution < 1.29 is 39.6 Å². The highest BCUT2D eigenvalue weighted by Gasteiger charge is 1.88. The van der Waals surface area contributed by atoms with Crippen LogP contribution in [0.4, 0.5) is 0 Å². The second-order valence-corrected chi connectivity index (χ2v) is 4.45. The lowest BCUT2D eigenvalue weighted by molar-refractivity contribution is -0.134. The zero-order valence-electron chi connectivity index (χ0n) is 14.6. The Hall–Kier alpha value is -2.80. The molecule has 0 aromatic heterocycles. The molecule has 0 fully saturated rings. The average molecular weight is 380 g/mol. The van der Waals surface area contributed by atoms with Crippen LogP contribution in [0, 0.1) is 0 Å². The monoisotopic (exact) mass is 380 g/mol. The molecule has 2 atom stereocenters. The van der Waals surface area contributed by atoms with Crippen LogP contribution in [-0.4, -0.2) is 69.5 Å². The summed E-state index contributed by atoms with van der Waals surface area (Å²) < 4.78 is 0. The summed E-state index contributed by atoms with van der Waals surface area (Å²) in [7, 11) is 0. The lowest BCUT2D eigenvalue weighted by Crippen LogP contribution is -2.25. The lowest BCUT2D eigenvalue weighted by Gasteiger charge is -1.92. The van der Waals surface area contributed by atoms with Gasteiger partial charge in [-0.25, -0.2) is 19.2 Å². The van der Waals surface area contributed by atoms with Crippen molar-refractivity contribution in [3.05, 3.63) is 24.3 Å². The molecule has 0 aliphatic heterocycles. The maximum atomic E-state index is 9.55. The van der Waals surface area contributed by atoms with Gasteiger partial charge in [0.05, 0.1) is 0 Å². The van der Waals surface area contributed by atoms with E-state index in [1.165, 1.54) is 0 Å². The fourth-order valence-corrected chi connectivity index (χ4v) is 0.285. The Morgan fingerprint density at radius 3 is 0.808 bits per heavy atom. The summed E-state index contributed by atoms with van der Waals surface area (Å²) in [4.78, 5) is 38.2. The maximum Gasteiger partial charge on any atom is 0.328 e. The fourth-order valence-electron chi connectivity index (χ4n) is 0.285. The number of rotatable bonds is 6. The standard InChI is InChI=1S/2C4H4O4.2C3H10N2/c2*5-3(6)1-2-4(7)8;2*1-3(5)2-4/h2*1-2H,(H,5,6)(H,7,8);2*3H,2,4-5H2,1H3/b2*2-1-;;. The number of carboxylic acid groups (broad SMARTS) is 4. The number of aliphatic carboxylic acids is 4. The second-order valence-electron chi connectivity index (χ2n) is 4.45. The molecule has 0 aromatic rings. The van der Waals surface area contributed by atoms with Crippen LogP contribution < -0.4 is 22.9 Å². The minimum Gasteiger partial charge on any atom is -0.478 e. The fraction of sp³-hybridized carbons (Fsp3) is 0.429. The third-order valence-corrected chi connectivity index (χ3v) is 1.48. The van der Waals surface area contributed by atoms with Crippen molar-refractivity contribution in [1.29, 1.82) is 0 Å². The summed E-state index contributed by atoms with van der Waals surface area (Å²) in [5, 5.41) is 31.2. The van der Waals surface area contributed by atoms with Crippen molar-refractivity contribution in [1.82, 2.24) is 0 Å². The van der Waals surface area contributed by atoms with Gasteiger partial charge in [-0.1, -0.05) is 0 Å². The summed E-state index contributed by atoms with van der Waals surface area (Å²) in [6, 6.07) is 0.324. The van der Waals surface area contributed by atoms with Gasteiger partial charge in [-0.2, -0.15) is 0 Å². The van der Waals surface area contributed by atoms with Crippen molar-refractivity contribution in [2.24, 2.45) is 22.9 Å². The normalized spacial score (nSPS) is 11.6. The van der Waals surface area contributed by atoms with Gasteiger partial charge in [0.2, 0.25) is 0 Å². The molecule has 0 radical (unpaired) electrons. The Kier molecular flexibility index (Phi) is 26.5. The van der Waals surface area contributed by atoms with Crippen LogP contribution in [0.25, 0.3) is 0 Å². The van der Waals surface area contributed by atoms with Crippen molar-refractivity contribution in [2.45, 2.75) is 25.9 Å². The van der Waals surface area contributed by atoms with Gasteiger partial charge >= 0.3 is 23.9 Å². The van der Waals surface area contributed by atoms with Gasteiger partial charge in [0, 0.05) is 49.5 Å². The molecule has 0 rings (SSSR count). The number of hydrogen-bond donors (Lipinski definition) is 8. The number of hydrogen-bond acceptors (Lipinski definition) is 8. The van der Waals surface area contributed by atoms with Gasteiger partial charge in [0.1, 0.15) is 0 Å². The molecule has 0 heterocycles. The topological polar surface area (TPSA) is 253 Å². The first kappa shape index (κ1) is 31.0. The van der Waals surface area contributed by atoms with Gasteiger partial charge in [0.25, 0.3) is 0 Å². The lowest BCUT2D eigenvalue weighted by atomic mass is 10.4. The molecule has 0 amide bonds. The molecule has 2 unspecified atom stereocenters. The molecule has 0 saturated carbocycles. The van der Waals surface area contributed by atoms with Gasteiger partial charge in [-0.15, -0.1) is 0 Å². The minimum absolute atomic E-state index is 0.162. The van der Waals surface area contributed by atoms with Gasteiger partial charge in [-0.05, 0) is 13.8 Å². The molecule has 12 N–H and O–H groups in total. The first-order valence-electron chi connectivity index (χ1n) is 6.99. The van der Waals surface area contributed by atoms with E-state index in [2.05, 4.69) is 0 Å². The van der Waals surface area contributed by atoms with E-state index in [-0.39, 0.29) is 12.1 Å². The van der Waals surface area contributed by atoms with Crippen LogP contribution >= 0.6 is 0 Å². The molecule has 12 heteroatoms. The molecule has 0 aromatic carbocycles. The largest absolute Gasteiger partial charge is 0.478 e. The Balaban J connectivity index is -0.000000127. The van der Waals surface area contributed by atoms with Gasteiger partial charge < -0.3 is 43.4 Å². The molecule has 0 saturated heterocycles. The predicted molar refractivity (Wildman–Crippen MR) is 94.2 cm³/mol. The van der Waals surface area contributed by atoms with E-state index >= 15 is 0 Å². The van der Waals surface area contributed by atoms with Crippen molar-refractivity contribution in [3.8, 4) is 0 Å². The molecule has 0 aliphatic carbocycles. The summed E-state index contributed by atoms with van der Waals surface area (Å²) >= 11 is 0. The molecule has 0 aliphatic rings. The highest BCUT2D eigenvalue weighted by atomic mass is 16.4. The van der Waals surface area contributed by atoms with Crippen LogP contribution in [0.15, 0.2) is 24.3 Å².